The zero-order valence-corrected chi connectivity index (χ0v) is 16.2. The van der Waals surface area contributed by atoms with Gasteiger partial charge >= 0.3 is 6.18 Å². The molecule has 0 fully saturated rings. The molecule has 2 amide bonds. The molecular weight excluding hydrogens is 421 g/mol. The minimum absolute atomic E-state index is 0.240. The Bertz CT molecular complexity index is 1120. The molecule has 3 N–H and O–H groups in total. The van der Waals surface area contributed by atoms with E-state index in [-0.39, 0.29) is 10.6 Å². The number of hydroxylamine groups is 1. The van der Waals surface area contributed by atoms with Gasteiger partial charge in [0.25, 0.3) is 11.8 Å². The molecule has 0 bridgehead atoms. The first-order valence-electron chi connectivity index (χ1n) is 8.43. The molecule has 11 heteroatoms. The maximum absolute atomic E-state index is 12.9. The Balaban J connectivity index is 1.81. The molecule has 0 aliphatic heterocycles. The first kappa shape index (κ1) is 21.3. The van der Waals surface area contributed by atoms with Crippen LogP contribution in [0.3, 0.4) is 0 Å². The second kappa shape index (κ2) is 8.51. The van der Waals surface area contributed by atoms with Gasteiger partial charge in [0.05, 0.1) is 15.4 Å². The normalized spacial score (nSPS) is 11.6. The molecule has 3 rings (SSSR count). The maximum atomic E-state index is 12.9. The van der Waals surface area contributed by atoms with Gasteiger partial charge < -0.3 is 5.32 Å². The third kappa shape index (κ3) is 4.75. The van der Waals surface area contributed by atoms with E-state index in [9.17, 15) is 22.8 Å². The third-order valence-electron chi connectivity index (χ3n) is 3.99. The summed E-state index contributed by atoms with van der Waals surface area (Å²) >= 11 is 1.02. The van der Waals surface area contributed by atoms with Crippen molar-refractivity contribution in [3.05, 3.63) is 64.7 Å². The van der Waals surface area contributed by atoms with Crippen LogP contribution in [0.5, 0.6) is 0 Å². The molecule has 7 nitrogen and oxygen atoms in total. The minimum atomic E-state index is -4.56. The van der Waals surface area contributed by atoms with Crippen LogP contribution in [-0.4, -0.2) is 26.8 Å². The molecule has 0 aliphatic carbocycles. The number of benzene rings is 1. The molecule has 0 unspecified atom stereocenters. The predicted octanol–water partition coefficient (Wildman–Crippen LogP) is 3.94. The number of halogens is 3. The smallest absolute Gasteiger partial charge is 0.321 e. The maximum Gasteiger partial charge on any atom is 0.435 e. The van der Waals surface area contributed by atoms with E-state index in [1.807, 2.05) is 0 Å². The van der Waals surface area contributed by atoms with Gasteiger partial charge in [-0.2, -0.15) is 18.3 Å². The van der Waals surface area contributed by atoms with Gasteiger partial charge in [-0.05, 0) is 35.9 Å². The zero-order chi connectivity index (χ0) is 21.9. The van der Waals surface area contributed by atoms with Crippen LogP contribution in [0.25, 0.3) is 16.6 Å². The summed E-state index contributed by atoms with van der Waals surface area (Å²) in [6, 6.07) is 10.7. The Labute approximate surface area is 172 Å². The van der Waals surface area contributed by atoms with Crippen LogP contribution >= 0.6 is 11.3 Å². The number of thiophene rings is 1. The fourth-order valence-electron chi connectivity index (χ4n) is 2.58. The van der Waals surface area contributed by atoms with E-state index in [0.717, 1.165) is 28.2 Å². The Morgan fingerprint density at radius 3 is 2.60 bits per heavy atom. The van der Waals surface area contributed by atoms with Crippen LogP contribution in [-0.2, 0) is 18.0 Å². The monoisotopic (exact) mass is 436 g/mol. The van der Waals surface area contributed by atoms with E-state index >= 15 is 0 Å². The van der Waals surface area contributed by atoms with E-state index in [1.165, 1.54) is 24.7 Å². The van der Waals surface area contributed by atoms with Crippen molar-refractivity contribution in [1.29, 1.82) is 0 Å². The number of para-hydroxylation sites is 1. The summed E-state index contributed by atoms with van der Waals surface area (Å²) in [4.78, 5) is 24.5. The van der Waals surface area contributed by atoms with Crippen LogP contribution in [0.4, 0.5) is 18.9 Å². The van der Waals surface area contributed by atoms with E-state index in [2.05, 4.69) is 10.4 Å². The Morgan fingerprint density at radius 1 is 1.20 bits per heavy atom. The summed E-state index contributed by atoms with van der Waals surface area (Å²) < 4.78 is 39.7. The Morgan fingerprint density at radius 2 is 1.93 bits per heavy atom. The Hall–Kier alpha value is -3.44. The Kier molecular flexibility index (Phi) is 6.04. The van der Waals surface area contributed by atoms with Gasteiger partial charge in [0, 0.05) is 18.8 Å². The molecule has 156 valence electrons. The van der Waals surface area contributed by atoms with E-state index in [4.69, 9.17) is 5.21 Å². The second-order valence-corrected chi connectivity index (χ2v) is 7.13. The number of hydrogen-bond donors (Lipinski definition) is 3. The van der Waals surface area contributed by atoms with Crippen LogP contribution in [0.1, 0.15) is 20.9 Å². The molecule has 0 atom stereocenters. The number of carbonyl (C=O) groups is 2. The summed E-state index contributed by atoms with van der Waals surface area (Å²) in [6.45, 7) is 0. The molecule has 0 spiro atoms. The molecule has 0 saturated carbocycles. The second-order valence-electron chi connectivity index (χ2n) is 6.05. The van der Waals surface area contributed by atoms with E-state index in [0.29, 0.717) is 16.1 Å². The van der Waals surface area contributed by atoms with Gasteiger partial charge in [0.1, 0.15) is 0 Å². The number of hydrogen-bond acceptors (Lipinski definition) is 5. The van der Waals surface area contributed by atoms with Gasteiger partial charge in [-0.3, -0.25) is 19.5 Å². The van der Waals surface area contributed by atoms with Crippen molar-refractivity contribution in [3.8, 4) is 10.6 Å². The van der Waals surface area contributed by atoms with Gasteiger partial charge in [-0.1, -0.05) is 18.2 Å². The molecule has 2 heterocycles. The average molecular weight is 436 g/mol. The van der Waals surface area contributed by atoms with Crippen molar-refractivity contribution in [3.63, 3.8) is 0 Å². The molecule has 1 aromatic carbocycles. The van der Waals surface area contributed by atoms with Crippen molar-refractivity contribution in [2.75, 3.05) is 5.32 Å². The highest BCUT2D eigenvalue weighted by atomic mass is 32.1. The molecular formula is C19H15F3N4O3S. The van der Waals surface area contributed by atoms with Crippen LogP contribution in [0, 0.1) is 0 Å². The van der Waals surface area contributed by atoms with Crippen molar-refractivity contribution in [1.82, 2.24) is 15.3 Å². The van der Waals surface area contributed by atoms with Crippen molar-refractivity contribution >= 4 is 34.9 Å². The molecule has 30 heavy (non-hydrogen) atoms. The zero-order valence-electron chi connectivity index (χ0n) is 15.4. The molecule has 3 aromatic rings. The van der Waals surface area contributed by atoms with Crippen molar-refractivity contribution in [2.24, 2.45) is 7.05 Å². The number of rotatable bonds is 5. The van der Waals surface area contributed by atoms with Crippen molar-refractivity contribution < 1.29 is 28.0 Å². The lowest BCUT2D eigenvalue weighted by molar-refractivity contribution is -0.141. The number of aromatic nitrogens is 2. The number of amides is 2. The summed E-state index contributed by atoms with van der Waals surface area (Å²) in [5.41, 5.74) is 1.64. The van der Waals surface area contributed by atoms with E-state index in [1.54, 1.807) is 30.3 Å². The van der Waals surface area contributed by atoms with Crippen LogP contribution in [0.2, 0.25) is 0 Å². The van der Waals surface area contributed by atoms with E-state index < -0.39 is 23.7 Å². The quantitative estimate of drug-likeness (QED) is 0.321. The van der Waals surface area contributed by atoms with Gasteiger partial charge in [0.15, 0.2) is 5.69 Å². The van der Waals surface area contributed by atoms with Gasteiger partial charge in [-0.25, -0.2) is 5.48 Å². The van der Waals surface area contributed by atoms with Crippen molar-refractivity contribution in [2.45, 2.75) is 6.18 Å². The molecule has 0 aliphatic rings. The van der Waals surface area contributed by atoms with Crippen LogP contribution in [0.15, 0.2) is 48.5 Å². The lowest BCUT2D eigenvalue weighted by Gasteiger charge is -2.07. The van der Waals surface area contributed by atoms with Crippen LogP contribution < -0.4 is 10.8 Å². The minimum Gasteiger partial charge on any atom is -0.321 e. The number of nitrogens with one attached hydrogen (secondary N) is 2. The predicted molar refractivity (Wildman–Crippen MR) is 105 cm³/mol. The number of carbonyl (C=O) groups excluding carboxylic acids is 2. The fourth-order valence-corrected chi connectivity index (χ4v) is 3.53. The number of alkyl halides is 3. The highest BCUT2D eigenvalue weighted by Crippen LogP contribution is 2.34. The molecule has 0 saturated heterocycles. The lowest BCUT2D eigenvalue weighted by Crippen LogP contribution is -2.15. The number of nitrogens with zero attached hydrogens (tertiary/aromatic N) is 2. The summed E-state index contributed by atoms with van der Waals surface area (Å²) in [6.07, 6.45) is -2.05. The highest BCUT2D eigenvalue weighted by Gasteiger charge is 2.34. The SMILES string of the molecule is Cn1nc(C(F)(F)F)cc1-c1ccc(C(=O)Nc2ccccc2C=CC(=O)NO)s1. The first-order chi connectivity index (χ1) is 14.2. The summed E-state index contributed by atoms with van der Waals surface area (Å²) in [5.74, 6) is -1.19. The fraction of sp³-hybridized carbons (Fsp3) is 0.105. The number of aryl methyl sites for hydroxylation is 1. The molecule has 0 radical (unpaired) electrons. The highest BCUT2D eigenvalue weighted by molar-refractivity contribution is 7.17. The third-order valence-corrected chi connectivity index (χ3v) is 5.09. The van der Waals surface area contributed by atoms with Gasteiger partial charge in [0.2, 0.25) is 0 Å². The van der Waals surface area contributed by atoms with Gasteiger partial charge in [-0.15, -0.1) is 11.3 Å². The average Bonchev–Trinajstić information content (AvgIpc) is 3.33. The molecule has 2 aromatic heterocycles. The first-order valence-corrected chi connectivity index (χ1v) is 9.24. The summed E-state index contributed by atoms with van der Waals surface area (Å²) in [7, 11) is 1.40. The standard InChI is InChI=1S/C19H15F3N4O3S/c1-26-13(10-16(24-26)19(20,21)22)14-7-8-15(30-14)18(28)23-12-5-3-2-4-11(12)6-9-17(27)25-29/h2-10,29H,1H3,(H,23,28)(H,25,27). The topological polar surface area (TPSA) is 96.2 Å². The largest absolute Gasteiger partial charge is 0.435 e. The lowest BCUT2D eigenvalue weighted by atomic mass is 10.1. The summed E-state index contributed by atoms with van der Waals surface area (Å²) in [5, 5.41) is 14.7. The number of anilines is 1.